The molecule has 0 unspecified atom stereocenters. The predicted octanol–water partition coefficient (Wildman–Crippen LogP) is 3.55. The lowest BCUT2D eigenvalue weighted by molar-refractivity contribution is 0.0938. The van der Waals surface area contributed by atoms with Crippen LogP contribution in [0.15, 0.2) is 29.3 Å². The number of aromatic nitrogens is 2. The number of fused-ring (bicyclic) bond motifs is 1. The highest BCUT2D eigenvalue weighted by molar-refractivity contribution is 7.20. The van der Waals surface area contributed by atoms with Crippen molar-refractivity contribution in [2.75, 3.05) is 19.6 Å². The number of hydrogen-bond donors (Lipinski definition) is 2. The number of benzene rings is 1. The smallest absolute Gasteiger partial charge is 0.261 e. The van der Waals surface area contributed by atoms with Crippen LogP contribution in [0.25, 0.3) is 10.2 Å². The maximum absolute atomic E-state index is 12.7. The molecule has 3 aromatic rings. The number of nitrogens with zero attached hydrogens (tertiary/aromatic N) is 2. The van der Waals surface area contributed by atoms with Gasteiger partial charge in [0, 0.05) is 13.1 Å². The quantitative estimate of drug-likeness (QED) is 0.657. The number of carbonyl (C=O) groups is 1. The molecule has 0 saturated carbocycles. The normalized spacial score (nSPS) is 15.6. The standard InChI is InChI=1S/C23H28N4O2S/c1-14-4-5-15(2)18(10-14)12-27-8-6-17(7-9-27)11-24-22(29)20-16(3)19-21(28)25-13-26-23(19)30-20/h4-5,10,13,17H,6-9,11-12H2,1-3H3,(H,24,29)(H,25,26,28). The molecule has 7 heteroatoms. The fourth-order valence-corrected chi connectivity index (χ4v) is 5.24. The number of likely N-dealkylation sites (tertiary alicyclic amines) is 1. The van der Waals surface area contributed by atoms with Gasteiger partial charge in [-0.05, 0) is 69.3 Å². The second kappa shape index (κ2) is 8.70. The summed E-state index contributed by atoms with van der Waals surface area (Å²) in [6, 6.07) is 6.65. The van der Waals surface area contributed by atoms with E-state index in [1.807, 2.05) is 6.92 Å². The van der Waals surface area contributed by atoms with E-state index in [4.69, 9.17) is 0 Å². The Labute approximate surface area is 180 Å². The number of piperidine rings is 1. The molecule has 158 valence electrons. The first kappa shape index (κ1) is 20.8. The Morgan fingerprint density at radius 3 is 2.77 bits per heavy atom. The van der Waals surface area contributed by atoms with Gasteiger partial charge in [0.2, 0.25) is 0 Å². The summed E-state index contributed by atoms with van der Waals surface area (Å²) in [5.41, 5.74) is 4.59. The minimum atomic E-state index is -0.191. The Hall–Kier alpha value is -2.51. The summed E-state index contributed by atoms with van der Waals surface area (Å²) in [6.07, 6.45) is 3.55. The van der Waals surface area contributed by atoms with E-state index in [9.17, 15) is 9.59 Å². The highest BCUT2D eigenvalue weighted by Gasteiger charge is 2.22. The van der Waals surface area contributed by atoms with Crippen molar-refractivity contribution in [3.05, 3.63) is 62.0 Å². The summed E-state index contributed by atoms with van der Waals surface area (Å²) in [5.74, 6) is 0.382. The third-order valence-corrected chi connectivity index (χ3v) is 7.29. The third kappa shape index (κ3) is 4.32. The number of rotatable bonds is 5. The molecule has 0 bridgehead atoms. The molecule has 1 aliphatic rings. The first-order valence-corrected chi connectivity index (χ1v) is 11.3. The van der Waals surface area contributed by atoms with Crippen molar-refractivity contribution in [1.29, 1.82) is 0 Å². The average Bonchev–Trinajstić information content (AvgIpc) is 3.08. The van der Waals surface area contributed by atoms with Crippen LogP contribution in [0.3, 0.4) is 0 Å². The first-order valence-electron chi connectivity index (χ1n) is 10.5. The number of thiophene rings is 1. The summed E-state index contributed by atoms with van der Waals surface area (Å²) in [6.45, 7) is 9.90. The number of aryl methyl sites for hydroxylation is 3. The van der Waals surface area contributed by atoms with Gasteiger partial charge in [-0.2, -0.15) is 0 Å². The van der Waals surface area contributed by atoms with E-state index >= 15 is 0 Å². The van der Waals surface area contributed by atoms with E-state index in [2.05, 4.69) is 52.2 Å². The summed E-state index contributed by atoms with van der Waals surface area (Å²) in [5, 5.41) is 3.60. The van der Waals surface area contributed by atoms with Crippen molar-refractivity contribution < 1.29 is 4.79 Å². The first-order chi connectivity index (χ1) is 14.4. The van der Waals surface area contributed by atoms with Crippen molar-refractivity contribution >= 4 is 27.5 Å². The van der Waals surface area contributed by atoms with Crippen LogP contribution in [0.1, 0.15) is 44.8 Å². The van der Waals surface area contributed by atoms with Gasteiger partial charge in [-0.3, -0.25) is 14.5 Å². The van der Waals surface area contributed by atoms with Gasteiger partial charge in [0.15, 0.2) is 0 Å². The van der Waals surface area contributed by atoms with Crippen LogP contribution in [0.4, 0.5) is 0 Å². The Kier molecular flexibility index (Phi) is 6.01. The highest BCUT2D eigenvalue weighted by atomic mass is 32.1. The molecule has 0 atom stereocenters. The number of nitrogens with one attached hydrogen (secondary N) is 2. The lowest BCUT2D eigenvalue weighted by Crippen LogP contribution is -2.38. The van der Waals surface area contributed by atoms with Gasteiger partial charge >= 0.3 is 0 Å². The van der Waals surface area contributed by atoms with Gasteiger partial charge in [-0.1, -0.05) is 23.8 Å². The fourth-order valence-electron chi connectivity index (χ4n) is 4.17. The van der Waals surface area contributed by atoms with E-state index < -0.39 is 0 Å². The highest BCUT2D eigenvalue weighted by Crippen LogP contribution is 2.26. The van der Waals surface area contributed by atoms with Gasteiger partial charge in [0.25, 0.3) is 11.5 Å². The fraction of sp³-hybridized carbons (Fsp3) is 0.435. The van der Waals surface area contributed by atoms with Crippen LogP contribution >= 0.6 is 11.3 Å². The summed E-state index contributed by atoms with van der Waals surface area (Å²) >= 11 is 1.29. The molecule has 1 aliphatic heterocycles. The number of hydrogen-bond acceptors (Lipinski definition) is 5. The average molecular weight is 425 g/mol. The van der Waals surface area contributed by atoms with E-state index in [0.717, 1.165) is 32.5 Å². The van der Waals surface area contributed by atoms with Crippen LogP contribution in [-0.2, 0) is 6.54 Å². The Morgan fingerprint density at radius 1 is 1.27 bits per heavy atom. The molecule has 30 heavy (non-hydrogen) atoms. The number of H-pyrrole nitrogens is 1. The molecule has 1 aromatic carbocycles. The van der Waals surface area contributed by atoms with E-state index in [1.54, 1.807) is 0 Å². The lowest BCUT2D eigenvalue weighted by Gasteiger charge is -2.32. The minimum absolute atomic E-state index is 0.104. The Bertz CT molecular complexity index is 1130. The maximum Gasteiger partial charge on any atom is 0.261 e. The van der Waals surface area contributed by atoms with Crippen molar-refractivity contribution in [2.24, 2.45) is 5.92 Å². The number of amides is 1. The van der Waals surface area contributed by atoms with Crippen molar-refractivity contribution in [1.82, 2.24) is 20.2 Å². The van der Waals surface area contributed by atoms with Crippen LogP contribution in [0.2, 0.25) is 0 Å². The summed E-state index contributed by atoms with van der Waals surface area (Å²) in [7, 11) is 0. The third-order valence-electron chi connectivity index (χ3n) is 6.10. The van der Waals surface area contributed by atoms with Gasteiger partial charge in [-0.25, -0.2) is 4.98 Å². The molecule has 2 aromatic heterocycles. The van der Waals surface area contributed by atoms with E-state index in [0.29, 0.717) is 33.1 Å². The van der Waals surface area contributed by atoms with Crippen molar-refractivity contribution in [2.45, 2.75) is 40.2 Å². The largest absolute Gasteiger partial charge is 0.351 e. The van der Waals surface area contributed by atoms with Crippen molar-refractivity contribution in [3.8, 4) is 0 Å². The lowest BCUT2D eigenvalue weighted by atomic mass is 9.95. The topological polar surface area (TPSA) is 78.1 Å². The van der Waals surface area contributed by atoms with Gasteiger partial charge in [0.05, 0.1) is 16.6 Å². The maximum atomic E-state index is 12.7. The molecule has 0 aliphatic carbocycles. The van der Waals surface area contributed by atoms with E-state index in [1.165, 1.54) is 34.4 Å². The molecule has 4 rings (SSSR count). The Balaban J connectivity index is 1.31. The molecular weight excluding hydrogens is 396 g/mol. The second-order valence-electron chi connectivity index (χ2n) is 8.33. The number of aromatic amines is 1. The van der Waals surface area contributed by atoms with Crippen molar-refractivity contribution in [3.63, 3.8) is 0 Å². The zero-order chi connectivity index (χ0) is 21.3. The molecular formula is C23H28N4O2S. The number of carbonyl (C=O) groups excluding carboxylic acids is 1. The van der Waals surface area contributed by atoms with E-state index in [-0.39, 0.29) is 11.5 Å². The van der Waals surface area contributed by atoms with Crippen LogP contribution in [0.5, 0.6) is 0 Å². The van der Waals surface area contributed by atoms with Gasteiger partial charge < -0.3 is 10.3 Å². The molecule has 0 spiro atoms. The molecule has 1 saturated heterocycles. The molecule has 6 nitrogen and oxygen atoms in total. The molecule has 1 amide bonds. The van der Waals surface area contributed by atoms with Crippen LogP contribution < -0.4 is 10.9 Å². The zero-order valence-electron chi connectivity index (χ0n) is 17.7. The molecule has 0 radical (unpaired) electrons. The molecule has 3 heterocycles. The Morgan fingerprint density at radius 2 is 2.03 bits per heavy atom. The van der Waals surface area contributed by atoms with Crippen LogP contribution in [0, 0.1) is 26.7 Å². The monoisotopic (exact) mass is 424 g/mol. The zero-order valence-corrected chi connectivity index (χ0v) is 18.6. The van der Waals surface area contributed by atoms with Crippen LogP contribution in [-0.4, -0.2) is 40.4 Å². The molecule has 1 fully saturated rings. The van der Waals surface area contributed by atoms with Gasteiger partial charge in [0.1, 0.15) is 4.83 Å². The summed E-state index contributed by atoms with van der Waals surface area (Å²) < 4.78 is 0. The second-order valence-corrected chi connectivity index (χ2v) is 9.33. The summed E-state index contributed by atoms with van der Waals surface area (Å²) in [4.78, 5) is 35.2. The molecule has 2 N–H and O–H groups in total. The predicted molar refractivity (Wildman–Crippen MR) is 121 cm³/mol. The van der Waals surface area contributed by atoms with Gasteiger partial charge in [-0.15, -0.1) is 11.3 Å². The minimum Gasteiger partial charge on any atom is -0.351 e. The SMILES string of the molecule is Cc1ccc(C)c(CN2CCC(CNC(=O)c3sc4nc[nH]c(=O)c4c3C)CC2)c1.